The van der Waals surface area contributed by atoms with Crippen LogP contribution in [0.2, 0.25) is 0 Å². The van der Waals surface area contributed by atoms with E-state index in [0.717, 1.165) is 12.5 Å². The van der Waals surface area contributed by atoms with Crippen molar-refractivity contribution in [3.8, 4) is 0 Å². The molecule has 3 nitrogen and oxygen atoms in total. The molecule has 0 radical (unpaired) electrons. The molecule has 1 amide bonds. The van der Waals surface area contributed by atoms with Gasteiger partial charge in [-0.3, -0.25) is 4.79 Å². The van der Waals surface area contributed by atoms with Crippen LogP contribution in [0.5, 0.6) is 0 Å². The van der Waals surface area contributed by atoms with Gasteiger partial charge >= 0.3 is 6.18 Å². The van der Waals surface area contributed by atoms with Gasteiger partial charge in [0.25, 0.3) is 0 Å². The van der Waals surface area contributed by atoms with E-state index in [0.29, 0.717) is 18.4 Å². The Kier molecular flexibility index (Phi) is 4.03. The van der Waals surface area contributed by atoms with Gasteiger partial charge in [0.1, 0.15) is 17.3 Å². The molecule has 3 rings (SSSR count). The highest BCUT2D eigenvalue weighted by atomic mass is 19.4. The van der Waals surface area contributed by atoms with Crippen LogP contribution in [0.15, 0.2) is 42.5 Å². The maximum atomic E-state index is 13.5. The first-order chi connectivity index (χ1) is 11.3. The highest BCUT2D eigenvalue weighted by Gasteiger charge is 2.46. The smallest absolute Gasteiger partial charge is 0.310 e. The number of carbonyl (C=O) groups excluding carboxylic acids is 1. The fraction of sp³-hybridized carbons (Fsp3) is 0.294. The maximum Gasteiger partial charge on any atom is 0.433 e. The van der Waals surface area contributed by atoms with Crippen molar-refractivity contribution in [2.75, 3.05) is 5.32 Å². The van der Waals surface area contributed by atoms with Gasteiger partial charge < -0.3 is 5.32 Å². The van der Waals surface area contributed by atoms with Gasteiger partial charge in [0, 0.05) is 0 Å². The number of pyridine rings is 1. The van der Waals surface area contributed by atoms with E-state index in [1.54, 1.807) is 6.07 Å². The molecule has 0 unspecified atom stereocenters. The monoisotopic (exact) mass is 338 g/mol. The van der Waals surface area contributed by atoms with E-state index in [9.17, 15) is 22.4 Å². The van der Waals surface area contributed by atoms with Crippen molar-refractivity contribution >= 4 is 11.7 Å². The SMILES string of the molecule is O=C(Nc1cccc(C(F)(F)F)n1)C1(c2cccc(F)c2)CCC1. The molecule has 1 aromatic carbocycles. The Morgan fingerprint density at radius 2 is 1.83 bits per heavy atom. The van der Waals surface area contributed by atoms with Crippen LogP contribution >= 0.6 is 0 Å². The number of anilines is 1. The molecule has 1 heterocycles. The number of benzene rings is 1. The zero-order valence-corrected chi connectivity index (χ0v) is 12.5. The van der Waals surface area contributed by atoms with E-state index < -0.39 is 29.0 Å². The fourth-order valence-corrected chi connectivity index (χ4v) is 2.86. The van der Waals surface area contributed by atoms with Gasteiger partial charge in [0.2, 0.25) is 5.91 Å². The third kappa shape index (κ3) is 2.98. The van der Waals surface area contributed by atoms with E-state index in [-0.39, 0.29) is 5.82 Å². The Balaban J connectivity index is 1.86. The zero-order valence-electron chi connectivity index (χ0n) is 12.5. The highest BCUT2D eigenvalue weighted by molar-refractivity contribution is 5.99. The lowest BCUT2D eigenvalue weighted by molar-refractivity contribution is -0.141. The minimum absolute atomic E-state index is 0.169. The predicted octanol–water partition coefficient (Wildman–Crippen LogP) is 4.30. The lowest BCUT2D eigenvalue weighted by Crippen LogP contribution is -2.46. The van der Waals surface area contributed by atoms with Gasteiger partial charge in [-0.15, -0.1) is 0 Å². The molecule has 0 atom stereocenters. The molecule has 1 fully saturated rings. The number of amides is 1. The van der Waals surface area contributed by atoms with Gasteiger partial charge in [-0.25, -0.2) is 9.37 Å². The summed E-state index contributed by atoms with van der Waals surface area (Å²) >= 11 is 0. The first-order valence-corrected chi connectivity index (χ1v) is 7.43. The number of aromatic nitrogens is 1. The van der Waals surface area contributed by atoms with Crippen LogP contribution in [0, 0.1) is 5.82 Å². The number of alkyl halides is 3. The number of nitrogens with zero attached hydrogens (tertiary/aromatic N) is 1. The third-order valence-corrected chi connectivity index (χ3v) is 4.30. The van der Waals surface area contributed by atoms with Gasteiger partial charge in [0.15, 0.2) is 0 Å². The van der Waals surface area contributed by atoms with Crippen LogP contribution in [-0.2, 0) is 16.4 Å². The molecule has 0 aliphatic heterocycles. The van der Waals surface area contributed by atoms with Crippen molar-refractivity contribution in [2.45, 2.75) is 30.9 Å². The topological polar surface area (TPSA) is 42.0 Å². The van der Waals surface area contributed by atoms with Crippen molar-refractivity contribution in [3.63, 3.8) is 0 Å². The molecular weight excluding hydrogens is 324 g/mol. The first-order valence-electron chi connectivity index (χ1n) is 7.43. The average molecular weight is 338 g/mol. The molecule has 0 bridgehead atoms. The summed E-state index contributed by atoms with van der Waals surface area (Å²) in [4.78, 5) is 16.1. The highest BCUT2D eigenvalue weighted by Crippen LogP contribution is 2.44. The lowest BCUT2D eigenvalue weighted by atomic mass is 9.64. The second-order valence-electron chi connectivity index (χ2n) is 5.81. The summed E-state index contributed by atoms with van der Waals surface area (Å²) in [6.45, 7) is 0. The normalized spacial score (nSPS) is 16.3. The maximum absolute atomic E-state index is 13.5. The van der Waals surface area contributed by atoms with Gasteiger partial charge in [-0.05, 0) is 42.7 Å². The molecule has 1 saturated carbocycles. The Labute approximate surface area is 135 Å². The van der Waals surface area contributed by atoms with Gasteiger partial charge in [-0.1, -0.05) is 24.6 Å². The Morgan fingerprint density at radius 3 is 2.42 bits per heavy atom. The molecular formula is C17H14F4N2O. The number of carbonyl (C=O) groups is 1. The summed E-state index contributed by atoms with van der Waals surface area (Å²) in [6.07, 6.45) is -2.76. The number of nitrogens with one attached hydrogen (secondary N) is 1. The van der Waals surface area contributed by atoms with Crippen molar-refractivity contribution in [2.24, 2.45) is 0 Å². The quantitative estimate of drug-likeness (QED) is 0.848. The van der Waals surface area contributed by atoms with Crippen LogP contribution in [0.25, 0.3) is 0 Å². The molecule has 0 spiro atoms. The Bertz CT molecular complexity index is 769. The number of rotatable bonds is 3. The lowest BCUT2D eigenvalue weighted by Gasteiger charge is -2.40. The number of halogens is 4. The summed E-state index contributed by atoms with van der Waals surface area (Å²) < 4.78 is 51.6. The van der Waals surface area contributed by atoms with Crippen LogP contribution < -0.4 is 5.32 Å². The van der Waals surface area contributed by atoms with Crippen molar-refractivity contribution in [1.82, 2.24) is 4.98 Å². The zero-order chi connectivity index (χ0) is 17.4. The molecule has 126 valence electrons. The van der Waals surface area contributed by atoms with E-state index in [1.807, 2.05) is 0 Å². The van der Waals surface area contributed by atoms with Crippen molar-refractivity contribution in [1.29, 1.82) is 0 Å². The van der Waals surface area contributed by atoms with Crippen molar-refractivity contribution in [3.05, 3.63) is 59.5 Å². The van der Waals surface area contributed by atoms with Gasteiger partial charge in [-0.2, -0.15) is 13.2 Å². The number of hydrogen-bond acceptors (Lipinski definition) is 2. The average Bonchev–Trinajstić information content (AvgIpc) is 2.45. The molecule has 1 aliphatic carbocycles. The van der Waals surface area contributed by atoms with Crippen LogP contribution in [0.1, 0.15) is 30.5 Å². The standard InChI is InChI=1S/C17H14F4N2O/c18-12-5-1-4-11(10-12)16(8-3-9-16)15(24)23-14-7-2-6-13(22-14)17(19,20)21/h1-2,4-7,10H,3,8-9H2,(H,22,23,24). The second kappa shape index (κ2) is 5.89. The Morgan fingerprint density at radius 1 is 1.12 bits per heavy atom. The van der Waals surface area contributed by atoms with E-state index in [4.69, 9.17) is 0 Å². The summed E-state index contributed by atoms with van der Waals surface area (Å²) in [5.41, 5.74) is -1.47. The van der Waals surface area contributed by atoms with Crippen LogP contribution in [-0.4, -0.2) is 10.9 Å². The fourth-order valence-electron chi connectivity index (χ4n) is 2.86. The third-order valence-electron chi connectivity index (χ3n) is 4.30. The minimum atomic E-state index is -4.59. The van der Waals surface area contributed by atoms with E-state index in [1.165, 1.54) is 30.3 Å². The molecule has 1 N–H and O–H groups in total. The molecule has 7 heteroatoms. The molecule has 1 aromatic heterocycles. The van der Waals surface area contributed by atoms with Crippen molar-refractivity contribution < 1.29 is 22.4 Å². The molecule has 24 heavy (non-hydrogen) atoms. The summed E-state index contributed by atoms with van der Waals surface area (Å²) in [6, 6.07) is 9.05. The molecule has 0 saturated heterocycles. The van der Waals surface area contributed by atoms with E-state index in [2.05, 4.69) is 10.3 Å². The van der Waals surface area contributed by atoms with Crippen LogP contribution in [0.4, 0.5) is 23.4 Å². The molecule has 1 aliphatic rings. The van der Waals surface area contributed by atoms with E-state index >= 15 is 0 Å². The summed E-state index contributed by atoms with van der Waals surface area (Å²) in [7, 11) is 0. The second-order valence-corrected chi connectivity index (χ2v) is 5.81. The summed E-state index contributed by atoms with van der Waals surface area (Å²) in [5, 5.41) is 2.44. The largest absolute Gasteiger partial charge is 0.433 e. The minimum Gasteiger partial charge on any atom is -0.310 e. The first kappa shape index (κ1) is 16.4. The van der Waals surface area contributed by atoms with Crippen LogP contribution in [0.3, 0.4) is 0 Å². The van der Waals surface area contributed by atoms with Gasteiger partial charge in [0.05, 0.1) is 5.41 Å². The molecule has 2 aromatic rings. The summed E-state index contributed by atoms with van der Waals surface area (Å²) in [5.74, 6) is -1.09. The Hall–Kier alpha value is -2.44. The number of hydrogen-bond donors (Lipinski definition) is 1. The predicted molar refractivity (Wildman–Crippen MR) is 79.8 cm³/mol.